The average Bonchev–Trinajstić information content (AvgIpc) is 2.97. The van der Waals surface area contributed by atoms with E-state index in [1.165, 1.54) is 6.20 Å². The number of halogens is 1. The van der Waals surface area contributed by atoms with Gasteiger partial charge in [0.1, 0.15) is 5.75 Å². The zero-order valence-corrected chi connectivity index (χ0v) is 16.3. The molecular weight excluding hydrogens is 378 g/mol. The van der Waals surface area contributed by atoms with E-state index in [1.807, 2.05) is 13.0 Å². The maximum absolute atomic E-state index is 11.7. The van der Waals surface area contributed by atoms with Crippen LogP contribution >= 0.6 is 11.6 Å². The molecule has 0 aliphatic carbocycles. The van der Waals surface area contributed by atoms with Crippen molar-refractivity contribution >= 4 is 38.9 Å². The predicted octanol–water partition coefficient (Wildman–Crippen LogP) is 2.21. The highest BCUT2D eigenvalue weighted by Crippen LogP contribution is 2.32. The van der Waals surface area contributed by atoms with Crippen LogP contribution in [0.15, 0.2) is 18.3 Å². The summed E-state index contributed by atoms with van der Waals surface area (Å²) in [6.45, 7) is 1.89. The van der Waals surface area contributed by atoms with Crippen LogP contribution < -0.4 is 15.0 Å². The first-order chi connectivity index (χ1) is 12.3. The van der Waals surface area contributed by atoms with E-state index in [0.717, 1.165) is 5.56 Å². The molecule has 8 nitrogen and oxygen atoms in total. The van der Waals surface area contributed by atoms with Gasteiger partial charge in [-0.15, -0.1) is 5.10 Å². The summed E-state index contributed by atoms with van der Waals surface area (Å²) in [6, 6.07) is 3.44. The fourth-order valence-corrected chi connectivity index (χ4v) is 4.74. The van der Waals surface area contributed by atoms with Crippen molar-refractivity contribution in [2.45, 2.75) is 19.4 Å². The molecule has 1 atom stereocenters. The largest absolute Gasteiger partial charge is 0.495 e. The van der Waals surface area contributed by atoms with E-state index in [2.05, 4.69) is 20.5 Å². The number of rotatable bonds is 5. The first-order valence-corrected chi connectivity index (χ1v) is 10.2. The number of sulfone groups is 1. The second-order valence-electron chi connectivity index (χ2n) is 6.24. The van der Waals surface area contributed by atoms with Gasteiger partial charge in [0.2, 0.25) is 5.95 Å². The fourth-order valence-electron chi connectivity index (χ4n) is 2.82. The molecule has 1 aliphatic rings. The average molecular weight is 398 g/mol. The molecule has 1 fully saturated rings. The number of aromatic nitrogens is 3. The minimum Gasteiger partial charge on any atom is -0.495 e. The van der Waals surface area contributed by atoms with Gasteiger partial charge in [0.15, 0.2) is 15.7 Å². The van der Waals surface area contributed by atoms with Gasteiger partial charge in [-0.3, -0.25) is 0 Å². The maximum Gasteiger partial charge on any atom is 0.247 e. The van der Waals surface area contributed by atoms with E-state index >= 15 is 0 Å². The van der Waals surface area contributed by atoms with Gasteiger partial charge in [0.25, 0.3) is 0 Å². The monoisotopic (exact) mass is 397 g/mol. The number of methoxy groups -OCH3 is 1. The molecule has 26 heavy (non-hydrogen) atoms. The van der Waals surface area contributed by atoms with E-state index in [0.29, 0.717) is 34.6 Å². The molecule has 1 saturated heterocycles. The Kier molecular flexibility index (Phi) is 5.19. The molecule has 0 saturated carbocycles. The van der Waals surface area contributed by atoms with Crippen LogP contribution in [-0.2, 0) is 9.84 Å². The SMILES string of the molecule is COc1cc(Cl)c(C)cc1Nc1cnnc(N(C)C2CCS(=O)(=O)C2)n1. The number of nitrogens with zero attached hydrogens (tertiary/aromatic N) is 4. The van der Waals surface area contributed by atoms with Crippen molar-refractivity contribution in [2.24, 2.45) is 0 Å². The van der Waals surface area contributed by atoms with Crippen molar-refractivity contribution in [3.63, 3.8) is 0 Å². The lowest BCUT2D eigenvalue weighted by atomic mass is 10.2. The summed E-state index contributed by atoms with van der Waals surface area (Å²) in [5, 5.41) is 11.8. The Morgan fingerprint density at radius 1 is 1.38 bits per heavy atom. The highest BCUT2D eigenvalue weighted by atomic mass is 35.5. The highest BCUT2D eigenvalue weighted by molar-refractivity contribution is 7.91. The second-order valence-corrected chi connectivity index (χ2v) is 8.87. The number of anilines is 3. The Bertz CT molecular complexity index is 922. The fraction of sp³-hybridized carbons (Fsp3) is 0.438. The van der Waals surface area contributed by atoms with Crippen LogP contribution in [-0.4, -0.2) is 55.3 Å². The van der Waals surface area contributed by atoms with Gasteiger partial charge < -0.3 is 15.0 Å². The Labute approximate surface area is 157 Å². The number of hydrogen-bond acceptors (Lipinski definition) is 8. The summed E-state index contributed by atoms with van der Waals surface area (Å²) < 4.78 is 28.7. The van der Waals surface area contributed by atoms with Crippen molar-refractivity contribution in [1.29, 1.82) is 0 Å². The summed E-state index contributed by atoms with van der Waals surface area (Å²) in [5.74, 6) is 1.71. The third-order valence-electron chi connectivity index (χ3n) is 4.36. The quantitative estimate of drug-likeness (QED) is 0.820. The summed E-state index contributed by atoms with van der Waals surface area (Å²) >= 11 is 6.13. The number of hydrogen-bond donors (Lipinski definition) is 1. The van der Waals surface area contributed by atoms with Crippen LogP contribution in [0.1, 0.15) is 12.0 Å². The maximum atomic E-state index is 11.7. The van der Waals surface area contributed by atoms with Gasteiger partial charge >= 0.3 is 0 Å². The number of benzene rings is 1. The molecule has 140 valence electrons. The van der Waals surface area contributed by atoms with Crippen molar-refractivity contribution in [2.75, 3.05) is 35.9 Å². The van der Waals surface area contributed by atoms with E-state index in [1.54, 1.807) is 25.1 Å². The second kappa shape index (κ2) is 7.24. The summed E-state index contributed by atoms with van der Waals surface area (Å²) in [7, 11) is 0.349. The van der Waals surface area contributed by atoms with Gasteiger partial charge in [-0.05, 0) is 25.0 Å². The van der Waals surface area contributed by atoms with Crippen molar-refractivity contribution in [3.05, 3.63) is 28.9 Å². The molecule has 3 rings (SSSR count). The lowest BCUT2D eigenvalue weighted by Crippen LogP contribution is -2.34. The van der Waals surface area contributed by atoms with Crippen LogP contribution in [0.4, 0.5) is 17.5 Å². The van der Waals surface area contributed by atoms with Crippen LogP contribution in [0.2, 0.25) is 5.02 Å². The van der Waals surface area contributed by atoms with Crippen molar-refractivity contribution < 1.29 is 13.2 Å². The molecule has 0 bridgehead atoms. The van der Waals surface area contributed by atoms with E-state index in [4.69, 9.17) is 16.3 Å². The van der Waals surface area contributed by atoms with Crippen molar-refractivity contribution in [3.8, 4) is 5.75 Å². The van der Waals surface area contributed by atoms with Crippen molar-refractivity contribution in [1.82, 2.24) is 15.2 Å². The highest BCUT2D eigenvalue weighted by Gasteiger charge is 2.32. The third kappa shape index (κ3) is 3.99. The van der Waals surface area contributed by atoms with Gasteiger partial charge in [0, 0.05) is 24.2 Å². The minimum atomic E-state index is -2.99. The van der Waals surface area contributed by atoms with Gasteiger partial charge in [-0.2, -0.15) is 10.1 Å². The van der Waals surface area contributed by atoms with Gasteiger partial charge in [0.05, 0.1) is 30.5 Å². The molecule has 10 heteroatoms. The summed E-state index contributed by atoms with van der Waals surface area (Å²) in [4.78, 5) is 6.20. The standard InChI is InChI=1S/C16H20ClN5O3S/c1-10-6-13(14(25-3)7-12(10)17)19-15-8-18-21-16(20-15)22(2)11-4-5-26(23,24)9-11/h6-8,11H,4-5,9H2,1-3H3,(H,19,20,21). The molecule has 1 aromatic carbocycles. The molecular formula is C16H20ClN5O3S. The smallest absolute Gasteiger partial charge is 0.247 e. The molecule has 1 unspecified atom stereocenters. The van der Waals surface area contributed by atoms with E-state index in [-0.39, 0.29) is 17.5 Å². The van der Waals surface area contributed by atoms with Gasteiger partial charge in [-0.25, -0.2) is 8.42 Å². The Balaban J connectivity index is 1.83. The van der Waals surface area contributed by atoms with Crippen LogP contribution in [0, 0.1) is 6.92 Å². The molecule has 0 amide bonds. The molecule has 2 aromatic rings. The van der Waals surface area contributed by atoms with E-state index in [9.17, 15) is 8.42 Å². The lowest BCUT2D eigenvalue weighted by molar-refractivity contribution is 0.416. The molecule has 1 aliphatic heterocycles. The molecule has 0 radical (unpaired) electrons. The third-order valence-corrected chi connectivity index (χ3v) is 6.52. The number of nitrogens with one attached hydrogen (secondary N) is 1. The van der Waals surface area contributed by atoms with Crippen LogP contribution in [0.3, 0.4) is 0 Å². The Morgan fingerprint density at radius 3 is 2.81 bits per heavy atom. The normalized spacial score (nSPS) is 18.5. The molecule has 1 aromatic heterocycles. The number of ether oxygens (including phenoxy) is 1. The predicted molar refractivity (Wildman–Crippen MR) is 101 cm³/mol. The molecule has 1 N–H and O–H groups in total. The summed E-state index contributed by atoms with van der Waals surface area (Å²) in [5.41, 5.74) is 1.59. The van der Waals surface area contributed by atoms with Crippen LogP contribution in [0.25, 0.3) is 0 Å². The van der Waals surface area contributed by atoms with E-state index < -0.39 is 9.84 Å². The van der Waals surface area contributed by atoms with Crippen LogP contribution in [0.5, 0.6) is 5.75 Å². The first-order valence-electron chi connectivity index (χ1n) is 8.03. The van der Waals surface area contributed by atoms with Gasteiger partial charge in [-0.1, -0.05) is 11.6 Å². The lowest BCUT2D eigenvalue weighted by Gasteiger charge is -2.23. The number of aryl methyl sites for hydroxylation is 1. The Hall–Kier alpha value is -2.13. The molecule has 2 heterocycles. The zero-order chi connectivity index (χ0) is 18.9. The first kappa shape index (κ1) is 18.7. The summed E-state index contributed by atoms with van der Waals surface area (Å²) in [6.07, 6.45) is 2.05. The molecule has 0 spiro atoms. The Morgan fingerprint density at radius 2 is 2.15 bits per heavy atom. The zero-order valence-electron chi connectivity index (χ0n) is 14.7. The topological polar surface area (TPSA) is 97.3 Å². The minimum absolute atomic E-state index is 0.106.